The molecule has 0 aromatic carbocycles. The van der Waals surface area contributed by atoms with Crippen molar-refractivity contribution >= 4 is 11.9 Å². The zero-order valence-corrected chi connectivity index (χ0v) is 14.9. The summed E-state index contributed by atoms with van der Waals surface area (Å²) >= 11 is 0. The number of likely N-dealkylation sites (tertiary alicyclic amines) is 1. The van der Waals surface area contributed by atoms with E-state index < -0.39 is 0 Å². The average Bonchev–Trinajstić information content (AvgIpc) is 2.54. The fraction of sp³-hybridized carbons (Fsp3) is 0.706. The van der Waals surface area contributed by atoms with E-state index >= 15 is 0 Å². The number of hydrogen-bond donors (Lipinski definition) is 0. The van der Waals surface area contributed by atoms with E-state index in [0.717, 1.165) is 26.1 Å². The molecule has 1 aromatic heterocycles. The highest BCUT2D eigenvalue weighted by atomic mass is 16.5. The van der Waals surface area contributed by atoms with Gasteiger partial charge in [-0.25, -0.2) is 14.8 Å². The van der Waals surface area contributed by atoms with Crippen molar-refractivity contribution in [3.05, 3.63) is 17.5 Å². The molecule has 0 saturated carbocycles. The van der Waals surface area contributed by atoms with Gasteiger partial charge in [0.2, 0.25) is 5.95 Å². The van der Waals surface area contributed by atoms with Crippen LogP contribution in [0, 0.1) is 12.8 Å². The molecule has 0 spiro atoms. The summed E-state index contributed by atoms with van der Waals surface area (Å²) in [5.41, 5.74) is 1.11. The van der Waals surface area contributed by atoms with Crippen LogP contribution in [0.4, 0.5) is 5.95 Å². The van der Waals surface area contributed by atoms with Crippen LogP contribution in [0.15, 0.2) is 6.20 Å². The molecule has 6 nitrogen and oxygen atoms in total. The fourth-order valence-corrected chi connectivity index (χ4v) is 3.26. The van der Waals surface area contributed by atoms with Crippen LogP contribution in [0.2, 0.25) is 0 Å². The summed E-state index contributed by atoms with van der Waals surface area (Å²) in [6, 6.07) is 0.422. The lowest BCUT2D eigenvalue weighted by Gasteiger charge is -2.41. The molecule has 2 heterocycles. The van der Waals surface area contributed by atoms with Gasteiger partial charge in [0.1, 0.15) is 0 Å². The zero-order valence-electron chi connectivity index (χ0n) is 14.9. The van der Waals surface area contributed by atoms with Gasteiger partial charge >= 0.3 is 5.97 Å². The molecule has 0 N–H and O–H groups in total. The molecular formula is C17H28N4O2. The molecule has 0 unspecified atom stereocenters. The predicted molar refractivity (Wildman–Crippen MR) is 90.8 cm³/mol. The minimum absolute atomic E-state index is 0.355. The minimum atomic E-state index is -0.358. The normalized spacial score (nSPS) is 22.0. The molecule has 23 heavy (non-hydrogen) atoms. The summed E-state index contributed by atoms with van der Waals surface area (Å²) in [6.45, 7) is 11.8. The van der Waals surface area contributed by atoms with Crippen molar-refractivity contribution in [3.63, 3.8) is 0 Å². The quantitative estimate of drug-likeness (QED) is 0.775. The third-order valence-electron chi connectivity index (χ3n) is 4.67. The van der Waals surface area contributed by atoms with Crippen LogP contribution in [0.3, 0.4) is 0 Å². The Balaban J connectivity index is 2.12. The Kier molecular flexibility index (Phi) is 5.93. The maximum atomic E-state index is 11.8. The van der Waals surface area contributed by atoms with Gasteiger partial charge in [0.05, 0.1) is 17.9 Å². The number of piperidine rings is 1. The van der Waals surface area contributed by atoms with Crippen LogP contribution in [0.25, 0.3) is 0 Å². The fourth-order valence-electron chi connectivity index (χ4n) is 3.26. The molecule has 1 aliphatic heterocycles. The van der Waals surface area contributed by atoms with Crippen LogP contribution < -0.4 is 4.90 Å². The molecule has 0 aliphatic carbocycles. The van der Waals surface area contributed by atoms with Crippen molar-refractivity contribution in [1.29, 1.82) is 0 Å². The summed E-state index contributed by atoms with van der Waals surface area (Å²) in [5, 5.41) is 0. The lowest BCUT2D eigenvalue weighted by atomic mass is 9.93. The van der Waals surface area contributed by atoms with Crippen molar-refractivity contribution in [1.82, 2.24) is 14.9 Å². The zero-order chi connectivity index (χ0) is 17.0. The smallest absolute Gasteiger partial charge is 0.341 e. The summed E-state index contributed by atoms with van der Waals surface area (Å²) in [5.74, 6) is 0.878. The van der Waals surface area contributed by atoms with E-state index in [1.165, 1.54) is 0 Å². The molecule has 2 rings (SSSR count). The lowest BCUT2D eigenvalue weighted by Crippen LogP contribution is -2.49. The van der Waals surface area contributed by atoms with Gasteiger partial charge in [0.25, 0.3) is 0 Å². The van der Waals surface area contributed by atoms with Crippen LogP contribution in [-0.4, -0.2) is 60.2 Å². The second-order valence-corrected chi connectivity index (χ2v) is 6.23. The molecule has 128 valence electrons. The first-order valence-electron chi connectivity index (χ1n) is 8.43. The number of nitrogens with zero attached hydrogens (tertiary/aromatic N) is 4. The van der Waals surface area contributed by atoms with Gasteiger partial charge in [-0.1, -0.05) is 13.8 Å². The first-order valence-corrected chi connectivity index (χ1v) is 8.43. The Labute approximate surface area is 138 Å². The number of ether oxygens (including phenoxy) is 1. The van der Waals surface area contributed by atoms with E-state index in [0.29, 0.717) is 35.8 Å². The Morgan fingerprint density at radius 2 is 2.22 bits per heavy atom. The Hall–Kier alpha value is -1.69. The summed E-state index contributed by atoms with van der Waals surface area (Å²) in [7, 11) is 2.04. The highest BCUT2D eigenvalue weighted by Crippen LogP contribution is 2.24. The van der Waals surface area contributed by atoms with Gasteiger partial charge in [0.15, 0.2) is 0 Å². The molecule has 1 saturated heterocycles. The van der Waals surface area contributed by atoms with E-state index in [1.54, 1.807) is 13.1 Å². The topological polar surface area (TPSA) is 58.6 Å². The highest BCUT2D eigenvalue weighted by Gasteiger charge is 2.29. The number of aromatic nitrogens is 2. The van der Waals surface area contributed by atoms with Crippen LogP contribution in [0.5, 0.6) is 0 Å². The summed E-state index contributed by atoms with van der Waals surface area (Å²) in [4.78, 5) is 25.4. The maximum Gasteiger partial charge on any atom is 0.341 e. The van der Waals surface area contributed by atoms with E-state index in [9.17, 15) is 4.79 Å². The van der Waals surface area contributed by atoms with Crippen molar-refractivity contribution in [2.24, 2.45) is 5.92 Å². The van der Waals surface area contributed by atoms with Crippen LogP contribution in [-0.2, 0) is 4.74 Å². The van der Waals surface area contributed by atoms with Crippen molar-refractivity contribution in [3.8, 4) is 0 Å². The van der Waals surface area contributed by atoms with E-state index in [4.69, 9.17) is 4.74 Å². The molecule has 0 bridgehead atoms. The number of anilines is 1. The first-order chi connectivity index (χ1) is 11.0. The van der Waals surface area contributed by atoms with Crippen LogP contribution in [0.1, 0.15) is 43.2 Å². The van der Waals surface area contributed by atoms with Gasteiger partial charge in [-0.2, -0.15) is 0 Å². The molecule has 6 heteroatoms. The Bertz CT molecular complexity index is 549. The van der Waals surface area contributed by atoms with E-state index in [2.05, 4.69) is 33.6 Å². The van der Waals surface area contributed by atoms with Gasteiger partial charge in [-0.15, -0.1) is 0 Å². The Morgan fingerprint density at radius 3 is 2.78 bits per heavy atom. The second kappa shape index (κ2) is 7.73. The van der Waals surface area contributed by atoms with Gasteiger partial charge < -0.3 is 14.5 Å². The molecule has 0 radical (unpaired) electrons. The molecule has 1 aromatic rings. The number of carbonyl (C=O) groups is 1. The monoisotopic (exact) mass is 320 g/mol. The predicted octanol–water partition coefficient (Wildman–Crippen LogP) is 2.13. The lowest BCUT2D eigenvalue weighted by molar-refractivity contribution is 0.0524. The highest BCUT2D eigenvalue weighted by molar-refractivity contribution is 5.90. The molecule has 1 aliphatic rings. The minimum Gasteiger partial charge on any atom is -0.462 e. The van der Waals surface area contributed by atoms with Gasteiger partial charge in [-0.3, -0.25) is 0 Å². The first kappa shape index (κ1) is 17.7. The maximum absolute atomic E-state index is 11.8. The van der Waals surface area contributed by atoms with E-state index in [1.807, 2.05) is 14.0 Å². The second-order valence-electron chi connectivity index (χ2n) is 6.23. The number of hydrogen-bond acceptors (Lipinski definition) is 6. The largest absolute Gasteiger partial charge is 0.462 e. The molecular weight excluding hydrogens is 292 g/mol. The number of esters is 1. The SMILES string of the molecule is CCOC(=O)c1cnc(N(C)[C@@H]2CCN(CC)C[C@H]2C)nc1C. The van der Waals surface area contributed by atoms with E-state index in [-0.39, 0.29) is 5.97 Å². The van der Waals surface area contributed by atoms with Crippen LogP contribution >= 0.6 is 0 Å². The molecule has 1 fully saturated rings. The average molecular weight is 320 g/mol. The van der Waals surface area contributed by atoms with Crippen molar-refractivity contribution in [2.75, 3.05) is 38.2 Å². The van der Waals surface area contributed by atoms with Gasteiger partial charge in [-0.05, 0) is 32.7 Å². The third kappa shape index (κ3) is 3.99. The van der Waals surface area contributed by atoms with Crippen molar-refractivity contribution < 1.29 is 9.53 Å². The number of carbonyl (C=O) groups excluding carboxylic acids is 1. The van der Waals surface area contributed by atoms with Gasteiger partial charge in [0, 0.05) is 32.4 Å². The number of rotatable bonds is 5. The third-order valence-corrected chi connectivity index (χ3v) is 4.67. The number of aryl methyl sites for hydroxylation is 1. The molecule has 0 amide bonds. The summed E-state index contributed by atoms with van der Waals surface area (Å²) < 4.78 is 5.03. The Morgan fingerprint density at radius 1 is 1.48 bits per heavy atom. The summed E-state index contributed by atoms with van der Waals surface area (Å²) in [6.07, 6.45) is 2.69. The molecule has 2 atom stereocenters. The standard InChI is InChI=1S/C17H28N4O2/c1-6-21-9-8-15(12(3)11-21)20(5)17-18-10-14(13(4)19-17)16(22)23-7-2/h10,12,15H,6-9,11H2,1-5H3/t12-,15-/m1/s1. The van der Waals surface area contributed by atoms with Crippen molar-refractivity contribution in [2.45, 2.75) is 40.2 Å².